The number of hydrogen-bond acceptors (Lipinski definition) is 4. The maximum atomic E-state index is 10.8. The third-order valence-electron chi connectivity index (χ3n) is 3.36. The predicted molar refractivity (Wildman–Crippen MR) is 70.7 cm³/mol. The van der Waals surface area contributed by atoms with Gasteiger partial charge >= 0.3 is 5.97 Å². The van der Waals surface area contributed by atoms with Crippen molar-refractivity contribution >= 4 is 5.97 Å². The number of likely N-dealkylation sites (N-methyl/N-ethyl adjacent to an activating group) is 1. The van der Waals surface area contributed by atoms with Gasteiger partial charge < -0.3 is 20.1 Å². The van der Waals surface area contributed by atoms with Crippen LogP contribution in [0, 0.1) is 5.92 Å². The molecule has 0 spiro atoms. The first-order valence-corrected chi connectivity index (χ1v) is 6.66. The smallest absolute Gasteiger partial charge is 0.332 e. The minimum absolute atomic E-state index is 0.0366. The van der Waals surface area contributed by atoms with E-state index in [2.05, 4.69) is 38.2 Å². The van der Waals surface area contributed by atoms with Crippen molar-refractivity contribution in [1.82, 2.24) is 10.2 Å². The van der Waals surface area contributed by atoms with E-state index in [1.807, 2.05) is 0 Å². The largest absolute Gasteiger partial charge is 0.479 e. The van der Waals surface area contributed by atoms with E-state index in [1.165, 1.54) is 0 Å². The molecule has 0 aromatic rings. The molecule has 0 radical (unpaired) electrons. The Kier molecular flexibility index (Phi) is 6.05. The second kappa shape index (κ2) is 7.07. The van der Waals surface area contributed by atoms with Crippen LogP contribution in [0.25, 0.3) is 0 Å². The topological polar surface area (TPSA) is 61.8 Å². The van der Waals surface area contributed by atoms with Gasteiger partial charge in [0, 0.05) is 19.1 Å². The fraction of sp³-hybridized carbons (Fsp3) is 0.923. The second-order valence-electron chi connectivity index (χ2n) is 5.68. The Hall–Kier alpha value is -0.650. The Bertz CT molecular complexity index is 269. The molecule has 18 heavy (non-hydrogen) atoms. The Morgan fingerprint density at radius 3 is 2.56 bits per heavy atom. The first kappa shape index (κ1) is 15.4. The van der Waals surface area contributed by atoms with E-state index in [1.54, 1.807) is 0 Å². The second-order valence-corrected chi connectivity index (χ2v) is 5.68. The summed E-state index contributed by atoms with van der Waals surface area (Å²) in [6.45, 7) is 6.10. The Balaban J connectivity index is 2.32. The molecular formula is C13H26N2O3. The van der Waals surface area contributed by atoms with E-state index < -0.39 is 12.1 Å². The van der Waals surface area contributed by atoms with E-state index in [4.69, 9.17) is 9.84 Å². The molecule has 3 atom stereocenters. The first-order valence-electron chi connectivity index (χ1n) is 6.66. The van der Waals surface area contributed by atoms with Crippen molar-refractivity contribution in [3.63, 3.8) is 0 Å². The van der Waals surface area contributed by atoms with E-state index >= 15 is 0 Å². The molecule has 106 valence electrons. The molecule has 0 bridgehead atoms. The quantitative estimate of drug-likeness (QED) is 0.707. The van der Waals surface area contributed by atoms with E-state index in [0.717, 1.165) is 19.5 Å². The number of rotatable bonds is 7. The number of carboxylic acid groups (broad SMARTS) is 1. The van der Waals surface area contributed by atoms with Gasteiger partial charge in [-0.3, -0.25) is 0 Å². The fourth-order valence-electron chi connectivity index (χ4n) is 2.22. The summed E-state index contributed by atoms with van der Waals surface area (Å²) in [5.74, 6) is -0.296. The number of nitrogens with zero attached hydrogens (tertiary/aromatic N) is 1. The standard InChI is InChI=1S/C13H26N2O3/c1-9(2)11(8-15(3)4)14-7-10-5-6-12(18-10)13(16)17/h9-12,14H,5-8H2,1-4H3,(H,16,17). The third-order valence-corrected chi connectivity index (χ3v) is 3.36. The van der Waals surface area contributed by atoms with Crippen molar-refractivity contribution in [3.8, 4) is 0 Å². The lowest BCUT2D eigenvalue weighted by molar-refractivity contribution is -0.149. The lowest BCUT2D eigenvalue weighted by Crippen LogP contribution is -2.45. The molecule has 2 N–H and O–H groups in total. The summed E-state index contributed by atoms with van der Waals surface area (Å²) in [6.07, 6.45) is 0.885. The summed E-state index contributed by atoms with van der Waals surface area (Å²) in [6, 6.07) is 0.410. The van der Waals surface area contributed by atoms with Crippen molar-refractivity contribution in [1.29, 1.82) is 0 Å². The lowest BCUT2D eigenvalue weighted by atomic mass is 10.0. The molecule has 0 saturated carbocycles. The summed E-state index contributed by atoms with van der Waals surface area (Å²) in [5, 5.41) is 12.4. The van der Waals surface area contributed by atoms with Crippen LogP contribution in [0.2, 0.25) is 0 Å². The Morgan fingerprint density at radius 2 is 2.11 bits per heavy atom. The fourth-order valence-corrected chi connectivity index (χ4v) is 2.22. The Morgan fingerprint density at radius 1 is 1.44 bits per heavy atom. The molecule has 5 nitrogen and oxygen atoms in total. The van der Waals surface area contributed by atoms with Gasteiger partial charge in [0.05, 0.1) is 6.10 Å². The van der Waals surface area contributed by atoms with Crippen LogP contribution < -0.4 is 5.32 Å². The van der Waals surface area contributed by atoms with Crippen molar-refractivity contribution in [2.45, 2.75) is 44.9 Å². The summed E-state index contributed by atoms with van der Waals surface area (Å²) in [5.41, 5.74) is 0. The van der Waals surface area contributed by atoms with Crippen molar-refractivity contribution in [2.75, 3.05) is 27.2 Å². The zero-order valence-corrected chi connectivity index (χ0v) is 11.8. The highest BCUT2D eigenvalue weighted by Gasteiger charge is 2.30. The summed E-state index contributed by atoms with van der Waals surface area (Å²) in [4.78, 5) is 12.9. The van der Waals surface area contributed by atoms with Crippen LogP contribution in [0.1, 0.15) is 26.7 Å². The van der Waals surface area contributed by atoms with Crippen molar-refractivity contribution < 1.29 is 14.6 Å². The van der Waals surface area contributed by atoms with Crippen molar-refractivity contribution in [3.05, 3.63) is 0 Å². The van der Waals surface area contributed by atoms with Crippen LogP contribution in [0.5, 0.6) is 0 Å². The molecule has 1 aliphatic heterocycles. The highest BCUT2D eigenvalue weighted by molar-refractivity contribution is 5.72. The van der Waals surface area contributed by atoms with Gasteiger partial charge in [-0.1, -0.05) is 13.8 Å². The minimum Gasteiger partial charge on any atom is -0.479 e. The number of carboxylic acids is 1. The average Bonchev–Trinajstić information content (AvgIpc) is 2.72. The minimum atomic E-state index is -0.841. The molecular weight excluding hydrogens is 232 g/mol. The number of aliphatic carboxylic acids is 1. The van der Waals surface area contributed by atoms with Gasteiger partial charge in [0.2, 0.25) is 0 Å². The van der Waals surface area contributed by atoms with Crippen LogP contribution in [-0.2, 0) is 9.53 Å². The third kappa shape index (κ3) is 4.92. The number of carbonyl (C=O) groups is 1. The van der Waals surface area contributed by atoms with Gasteiger partial charge in [0.1, 0.15) is 0 Å². The average molecular weight is 258 g/mol. The Labute approximate surface area is 109 Å². The zero-order chi connectivity index (χ0) is 13.7. The number of hydrogen-bond donors (Lipinski definition) is 2. The molecule has 1 aliphatic rings. The molecule has 0 aromatic heterocycles. The molecule has 1 rings (SSSR count). The van der Waals surface area contributed by atoms with Crippen LogP contribution in [0.3, 0.4) is 0 Å². The molecule has 1 saturated heterocycles. The summed E-state index contributed by atoms with van der Waals surface area (Å²) in [7, 11) is 4.12. The summed E-state index contributed by atoms with van der Waals surface area (Å²) < 4.78 is 5.48. The van der Waals surface area contributed by atoms with Gasteiger partial charge in [-0.2, -0.15) is 0 Å². The maximum absolute atomic E-state index is 10.8. The maximum Gasteiger partial charge on any atom is 0.332 e. The monoisotopic (exact) mass is 258 g/mol. The molecule has 3 unspecified atom stereocenters. The highest BCUT2D eigenvalue weighted by atomic mass is 16.5. The molecule has 1 fully saturated rings. The van der Waals surface area contributed by atoms with Gasteiger partial charge in [-0.05, 0) is 32.9 Å². The van der Waals surface area contributed by atoms with Gasteiger partial charge in [-0.15, -0.1) is 0 Å². The summed E-state index contributed by atoms with van der Waals surface area (Å²) >= 11 is 0. The van der Waals surface area contributed by atoms with Crippen molar-refractivity contribution in [2.24, 2.45) is 5.92 Å². The number of nitrogens with one attached hydrogen (secondary N) is 1. The SMILES string of the molecule is CC(C)C(CN(C)C)NCC1CCC(C(=O)O)O1. The molecule has 0 amide bonds. The van der Waals surface area contributed by atoms with Gasteiger partial charge in [0.25, 0.3) is 0 Å². The van der Waals surface area contributed by atoms with Crippen LogP contribution in [0.4, 0.5) is 0 Å². The first-order chi connectivity index (χ1) is 8.40. The molecule has 5 heteroatoms. The highest BCUT2D eigenvalue weighted by Crippen LogP contribution is 2.19. The van der Waals surface area contributed by atoms with Gasteiger partial charge in [-0.25, -0.2) is 4.79 Å². The normalized spacial score (nSPS) is 25.9. The van der Waals surface area contributed by atoms with Crippen LogP contribution in [-0.4, -0.2) is 61.4 Å². The van der Waals surface area contributed by atoms with E-state index in [9.17, 15) is 4.79 Å². The van der Waals surface area contributed by atoms with Gasteiger partial charge in [0.15, 0.2) is 6.10 Å². The predicted octanol–water partition coefficient (Wildman–Crippen LogP) is 0.794. The molecule has 0 aromatic carbocycles. The molecule has 1 heterocycles. The zero-order valence-electron chi connectivity index (χ0n) is 11.8. The van der Waals surface area contributed by atoms with Crippen LogP contribution >= 0.6 is 0 Å². The van der Waals surface area contributed by atoms with Crippen LogP contribution in [0.15, 0.2) is 0 Å². The molecule has 0 aliphatic carbocycles. The lowest BCUT2D eigenvalue weighted by Gasteiger charge is -2.27. The number of ether oxygens (including phenoxy) is 1. The van der Waals surface area contributed by atoms with E-state index in [-0.39, 0.29) is 6.10 Å². The van der Waals surface area contributed by atoms with E-state index in [0.29, 0.717) is 18.4 Å².